The van der Waals surface area contributed by atoms with E-state index in [1.165, 1.54) is 18.2 Å². The first-order chi connectivity index (χ1) is 14.2. The molecule has 2 aromatic rings. The third-order valence-corrected chi connectivity index (χ3v) is 5.62. The summed E-state index contributed by atoms with van der Waals surface area (Å²) in [6.07, 6.45) is 0.312. The van der Waals surface area contributed by atoms with Crippen LogP contribution < -0.4 is 5.73 Å². The molecule has 0 radical (unpaired) electrons. The van der Waals surface area contributed by atoms with Crippen molar-refractivity contribution in [3.63, 3.8) is 0 Å². The van der Waals surface area contributed by atoms with E-state index >= 15 is 0 Å². The summed E-state index contributed by atoms with van der Waals surface area (Å²) in [6.45, 7) is 9.52. The molecule has 1 aliphatic rings. The number of carbonyl (C=O) groups is 2. The summed E-state index contributed by atoms with van der Waals surface area (Å²) in [5.74, 6) is -1.41. The Kier molecular flexibility index (Phi) is 5.92. The van der Waals surface area contributed by atoms with E-state index in [-0.39, 0.29) is 40.7 Å². The number of aliphatic hydroxyl groups is 1. The number of aromatic nitrogens is 2. The third-order valence-electron chi connectivity index (χ3n) is 5.33. The van der Waals surface area contributed by atoms with E-state index < -0.39 is 23.4 Å². The van der Waals surface area contributed by atoms with Gasteiger partial charge in [-0.2, -0.15) is 5.10 Å². The summed E-state index contributed by atoms with van der Waals surface area (Å²) in [5.41, 5.74) is 5.46. The summed E-state index contributed by atoms with van der Waals surface area (Å²) >= 11 is 5.93. The van der Waals surface area contributed by atoms with Crippen LogP contribution in [0.4, 0.5) is 4.39 Å². The Morgan fingerprint density at radius 3 is 2.45 bits per heavy atom. The fourth-order valence-corrected chi connectivity index (χ4v) is 3.97. The first-order valence-electron chi connectivity index (χ1n) is 10.1. The van der Waals surface area contributed by atoms with Crippen LogP contribution >= 0.6 is 11.6 Å². The molecule has 1 atom stereocenters. The largest absolute Gasteiger partial charge is 0.388 e. The normalized spacial score (nSPS) is 16.9. The summed E-state index contributed by atoms with van der Waals surface area (Å²) in [5, 5.41) is 15.3. The zero-order valence-corrected chi connectivity index (χ0v) is 19.1. The zero-order chi connectivity index (χ0) is 23.3. The molecular weight excluding hydrogens is 423 g/mol. The molecule has 9 heteroatoms. The fraction of sp³-hybridized carbons (Fsp3) is 0.500. The summed E-state index contributed by atoms with van der Waals surface area (Å²) < 4.78 is 15.2. The smallest absolute Gasteiger partial charge is 0.252 e. The van der Waals surface area contributed by atoms with E-state index in [4.69, 9.17) is 17.3 Å². The molecule has 0 bridgehead atoms. The molecule has 2 heterocycles. The highest BCUT2D eigenvalue weighted by molar-refractivity contribution is 6.31. The van der Waals surface area contributed by atoms with Crippen LogP contribution in [0.1, 0.15) is 63.1 Å². The van der Waals surface area contributed by atoms with E-state index in [1.807, 2.05) is 20.8 Å². The molecule has 1 aromatic carbocycles. The highest BCUT2D eigenvalue weighted by Gasteiger charge is 2.41. The molecule has 31 heavy (non-hydrogen) atoms. The van der Waals surface area contributed by atoms with Crippen molar-refractivity contribution in [2.75, 3.05) is 6.54 Å². The lowest BCUT2D eigenvalue weighted by Gasteiger charge is -2.40. The lowest BCUT2D eigenvalue weighted by molar-refractivity contribution is -0.137. The van der Waals surface area contributed by atoms with Gasteiger partial charge in [0.2, 0.25) is 5.91 Å². The van der Waals surface area contributed by atoms with Crippen molar-refractivity contribution in [1.82, 2.24) is 14.7 Å². The predicted octanol–water partition coefficient (Wildman–Crippen LogP) is 3.53. The minimum atomic E-state index is -1.24. The predicted molar refractivity (Wildman–Crippen MR) is 116 cm³/mol. The monoisotopic (exact) mass is 450 g/mol. The number of primary amides is 1. The van der Waals surface area contributed by atoms with Crippen molar-refractivity contribution in [2.24, 2.45) is 11.1 Å². The highest BCUT2D eigenvalue weighted by Crippen LogP contribution is 2.37. The summed E-state index contributed by atoms with van der Waals surface area (Å²) in [6, 6.07) is 3.42. The van der Waals surface area contributed by atoms with Crippen LogP contribution in [0.25, 0.3) is 11.3 Å². The molecule has 1 unspecified atom stereocenters. The maximum atomic E-state index is 13.7. The molecule has 1 aromatic heterocycles. The van der Waals surface area contributed by atoms with Gasteiger partial charge in [0.1, 0.15) is 11.5 Å². The van der Waals surface area contributed by atoms with Crippen molar-refractivity contribution in [2.45, 2.75) is 59.2 Å². The van der Waals surface area contributed by atoms with Gasteiger partial charge < -0.3 is 15.7 Å². The molecule has 0 saturated carbocycles. The van der Waals surface area contributed by atoms with E-state index in [0.717, 1.165) is 0 Å². The quantitative estimate of drug-likeness (QED) is 0.743. The Bertz CT molecular complexity index is 1040. The molecule has 0 aliphatic carbocycles. The number of rotatable bonds is 4. The highest BCUT2D eigenvalue weighted by atomic mass is 35.5. The van der Waals surface area contributed by atoms with Crippen LogP contribution in [0.2, 0.25) is 5.02 Å². The first-order valence-corrected chi connectivity index (χ1v) is 10.4. The van der Waals surface area contributed by atoms with Gasteiger partial charge in [-0.05, 0) is 37.5 Å². The Labute approximate surface area is 186 Å². The number of nitrogens with two attached hydrogens (primary N) is 1. The van der Waals surface area contributed by atoms with Crippen molar-refractivity contribution < 1.29 is 19.1 Å². The molecule has 2 amide bonds. The number of nitrogens with zero attached hydrogens (tertiary/aromatic N) is 3. The van der Waals surface area contributed by atoms with Gasteiger partial charge in [-0.1, -0.05) is 32.4 Å². The molecule has 3 rings (SSSR count). The van der Waals surface area contributed by atoms with Crippen LogP contribution in [0.5, 0.6) is 0 Å². The van der Waals surface area contributed by atoms with Crippen LogP contribution in [0.15, 0.2) is 18.2 Å². The van der Waals surface area contributed by atoms with Gasteiger partial charge in [-0.25, -0.2) is 4.39 Å². The third kappa shape index (κ3) is 4.75. The first kappa shape index (κ1) is 23.2. The number of benzene rings is 1. The van der Waals surface area contributed by atoms with Crippen molar-refractivity contribution in [3.05, 3.63) is 40.3 Å². The average molecular weight is 451 g/mol. The minimum absolute atomic E-state index is 0.0870. The molecule has 1 aliphatic heterocycles. The maximum absolute atomic E-state index is 13.7. The topological polar surface area (TPSA) is 101 Å². The van der Waals surface area contributed by atoms with Crippen LogP contribution in [-0.4, -0.2) is 43.7 Å². The van der Waals surface area contributed by atoms with Crippen LogP contribution in [0.3, 0.4) is 0 Å². The number of hydrogen-bond acceptors (Lipinski definition) is 4. The molecular formula is C22H28ClFN4O3. The van der Waals surface area contributed by atoms with E-state index in [0.29, 0.717) is 17.7 Å². The second-order valence-electron chi connectivity index (χ2n) is 9.79. The van der Waals surface area contributed by atoms with E-state index in [9.17, 15) is 19.1 Å². The number of fused-ring (bicyclic) bond motifs is 1. The second kappa shape index (κ2) is 7.91. The van der Waals surface area contributed by atoms with Crippen LogP contribution in [-0.2, 0) is 11.3 Å². The number of hydrogen-bond donors (Lipinski definition) is 2. The Balaban J connectivity index is 2.17. The van der Waals surface area contributed by atoms with Gasteiger partial charge in [-0.3, -0.25) is 14.3 Å². The average Bonchev–Trinajstić information content (AvgIpc) is 3.00. The minimum Gasteiger partial charge on any atom is -0.388 e. The van der Waals surface area contributed by atoms with Gasteiger partial charge >= 0.3 is 0 Å². The maximum Gasteiger partial charge on any atom is 0.252 e. The van der Waals surface area contributed by atoms with Gasteiger partial charge in [0.25, 0.3) is 5.91 Å². The molecule has 0 spiro atoms. The van der Waals surface area contributed by atoms with E-state index in [1.54, 1.807) is 23.4 Å². The van der Waals surface area contributed by atoms with Gasteiger partial charge in [0.05, 0.1) is 34.5 Å². The van der Waals surface area contributed by atoms with Gasteiger partial charge in [-0.15, -0.1) is 0 Å². The molecule has 0 fully saturated rings. The zero-order valence-electron chi connectivity index (χ0n) is 18.4. The van der Waals surface area contributed by atoms with Gasteiger partial charge in [0.15, 0.2) is 0 Å². The lowest BCUT2D eigenvalue weighted by atomic mass is 9.90. The van der Waals surface area contributed by atoms with Crippen LogP contribution in [0, 0.1) is 11.2 Å². The SMILES string of the molecule is CC(C)(C)CC(=O)N1Cc2c(C(N)=O)c(-c3ccc(F)c(Cl)c3)nn2C(C(C)(C)O)C1. The van der Waals surface area contributed by atoms with E-state index in [2.05, 4.69) is 5.10 Å². The van der Waals surface area contributed by atoms with Crippen molar-refractivity contribution in [1.29, 1.82) is 0 Å². The second-order valence-corrected chi connectivity index (χ2v) is 10.2. The van der Waals surface area contributed by atoms with Gasteiger partial charge in [0, 0.05) is 18.5 Å². The van der Waals surface area contributed by atoms with Crippen molar-refractivity contribution in [3.8, 4) is 11.3 Å². The standard InChI is InChI=1S/C22H28ClFN4O3/c1-21(2,3)9-17(29)27-10-15-18(20(25)30)19(12-6-7-14(24)13(23)8-12)26-28(15)16(11-27)22(4,5)31/h6-8,16,31H,9-11H2,1-5H3,(H2,25,30). The molecule has 3 N–H and O–H groups in total. The number of carbonyl (C=O) groups excluding carboxylic acids is 2. The molecule has 168 valence electrons. The summed E-state index contributed by atoms with van der Waals surface area (Å²) in [4.78, 5) is 27.0. The number of halogens is 2. The number of amides is 2. The molecule has 0 saturated heterocycles. The lowest BCUT2D eigenvalue weighted by Crippen LogP contribution is -2.49. The Morgan fingerprint density at radius 2 is 1.94 bits per heavy atom. The molecule has 7 nitrogen and oxygen atoms in total. The Morgan fingerprint density at radius 1 is 1.29 bits per heavy atom. The Hall–Kier alpha value is -2.45. The summed E-state index contributed by atoms with van der Waals surface area (Å²) in [7, 11) is 0. The fourth-order valence-electron chi connectivity index (χ4n) is 3.79. The van der Waals surface area contributed by atoms with Crippen molar-refractivity contribution >= 4 is 23.4 Å².